The molecule has 0 saturated carbocycles. The van der Waals surface area contributed by atoms with Crippen LogP contribution in [0.15, 0.2) is 17.0 Å². The predicted octanol–water partition coefficient (Wildman–Crippen LogP) is 1.71. The second kappa shape index (κ2) is 3.93. The summed E-state index contributed by atoms with van der Waals surface area (Å²) in [5.74, 6) is 0.811. The van der Waals surface area contributed by atoms with Crippen LogP contribution in [0.1, 0.15) is 5.69 Å². The van der Waals surface area contributed by atoms with Crippen molar-refractivity contribution in [3.05, 3.63) is 22.7 Å². The van der Waals surface area contributed by atoms with Crippen LogP contribution in [0.2, 0.25) is 0 Å². The van der Waals surface area contributed by atoms with Crippen molar-refractivity contribution in [3.63, 3.8) is 0 Å². The van der Waals surface area contributed by atoms with Gasteiger partial charge in [-0.05, 0) is 21.7 Å². The lowest BCUT2D eigenvalue weighted by molar-refractivity contribution is 0.994. The maximum absolute atomic E-state index is 4.17. The van der Waals surface area contributed by atoms with Crippen LogP contribution in [-0.2, 0) is 6.42 Å². The van der Waals surface area contributed by atoms with Gasteiger partial charge < -0.3 is 0 Å². The van der Waals surface area contributed by atoms with E-state index in [2.05, 4.69) is 38.5 Å². The average Bonchev–Trinajstić information content (AvgIpc) is 1.88. The Morgan fingerprint density at radius 2 is 2.30 bits per heavy atom. The maximum Gasteiger partial charge on any atom is 0.124 e. The molecular weight excluding hydrogens is 212 g/mol. The van der Waals surface area contributed by atoms with Gasteiger partial charge in [0.15, 0.2) is 0 Å². The summed E-state index contributed by atoms with van der Waals surface area (Å²) < 4.78 is 0.784. The number of nitrogens with zero attached hydrogens (tertiary/aromatic N) is 2. The first-order chi connectivity index (χ1) is 4.83. The smallest absolute Gasteiger partial charge is 0.124 e. The van der Waals surface area contributed by atoms with Gasteiger partial charge in [0.25, 0.3) is 0 Å². The SMILES string of the molecule is SCCc1cncc(Br)n1. The number of halogens is 1. The van der Waals surface area contributed by atoms with E-state index in [4.69, 9.17) is 0 Å². The second-order valence-electron chi connectivity index (χ2n) is 1.81. The van der Waals surface area contributed by atoms with Crippen molar-refractivity contribution in [3.8, 4) is 0 Å². The summed E-state index contributed by atoms with van der Waals surface area (Å²) in [4.78, 5) is 8.13. The molecule has 0 fully saturated rings. The number of hydrogen-bond acceptors (Lipinski definition) is 3. The van der Waals surface area contributed by atoms with Crippen molar-refractivity contribution in [2.24, 2.45) is 0 Å². The fraction of sp³-hybridized carbons (Fsp3) is 0.333. The zero-order valence-electron chi connectivity index (χ0n) is 5.29. The van der Waals surface area contributed by atoms with Gasteiger partial charge in [-0.2, -0.15) is 12.6 Å². The quantitative estimate of drug-likeness (QED) is 0.766. The molecule has 0 amide bonds. The Kier molecular flexibility index (Phi) is 3.15. The highest BCUT2D eigenvalue weighted by atomic mass is 79.9. The molecule has 54 valence electrons. The van der Waals surface area contributed by atoms with E-state index in [1.165, 1.54) is 0 Å². The molecule has 0 aliphatic heterocycles. The highest BCUT2D eigenvalue weighted by molar-refractivity contribution is 9.10. The normalized spacial score (nSPS) is 9.80. The summed E-state index contributed by atoms with van der Waals surface area (Å²) in [5.41, 5.74) is 0.976. The van der Waals surface area contributed by atoms with E-state index in [1.54, 1.807) is 12.4 Å². The first-order valence-electron chi connectivity index (χ1n) is 2.90. The lowest BCUT2D eigenvalue weighted by atomic mass is 10.4. The van der Waals surface area contributed by atoms with Crippen LogP contribution in [0.4, 0.5) is 0 Å². The molecule has 0 N–H and O–H groups in total. The minimum absolute atomic E-state index is 0.784. The summed E-state index contributed by atoms with van der Waals surface area (Å²) in [6.07, 6.45) is 4.29. The third kappa shape index (κ3) is 2.27. The van der Waals surface area contributed by atoms with E-state index in [1.807, 2.05) is 0 Å². The van der Waals surface area contributed by atoms with Gasteiger partial charge in [-0.15, -0.1) is 0 Å². The van der Waals surface area contributed by atoms with Gasteiger partial charge in [-0.1, -0.05) is 0 Å². The van der Waals surface area contributed by atoms with Crippen LogP contribution in [-0.4, -0.2) is 15.7 Å². The second-order valence-corrected chi connectivity index (χ2v) is 3.07. The van der Waals surface area contributed by atoms with Crippen LogP contribution >= 0.6 is 28.6 Å². The molecule has 0 spiro atoms. The molecule has 0 aliphatic carbocycles. The molecule has 0 aromatic carbocycles. The molecule has 0 bridgehead atoms. The summed E-state index contributed by atoms with van der Waals surface area (Å²) in [7, 11) is 0. The molecule has 0 atom stereocenters. The number of aryl methyl sites for hydroxylation is 1. The molecule has 2 nitrogen and oxygen atoms in total. The summed E-state index contributed by atoms with van der Waals surface area (Å²) >= 11 is 7.32. The molecule has 1 aromatic rings. The summed E-state index contributed by atoms with van der Waals surface area (Å²) in [6.45, 7) is 0. The summed E-state index contributed by atoms with van der Waals surface area (Å²) in [5, 5.41) is 0. The Morgan fingerprint density at radius 3 is 2.90 bits per heavy atom. The van der Waals surface area contributed by atoms with E-state index in [-0.39, 0.29) is 0 Å². The average molecular weight is 219 g/mol. The molecule has 1 heterocycles. The fourth-order valence-corrected chi connectivity index (χ4v) is 1.19. The minimum Gasteiger partial charge on any atom is -0.260 e. The van der Waals surface area contributed by atoms with Gasteiger partial charge in [0.05, 0.1) is 11.9 Å². The lowest BCUT2D eigenvalue weighted by Crippen LogP contribution is -1.92. The Bertz CT molecular complexity index is 217. The standard InChI is InChI=1S/C6H7BrN2S/c7-6-4-8-3-5(9-6)1-2-10/h3-4,10H,1-2H2. The van der Waals surface area contributed by atoms with Crippen molar-refractivity contribution in [1.29, 1.82) is 0 Å². The first kappa shape index (κ1) is 8.01. The highest BCUT2D eigenvalue weighted by Crippen LogP contribution is 2.04. The van der Waals surface area contributed by atoms with Crippen molar-refractivity contribution >= 4 is 28.6 Å². The van der Waals surface area contributed by atoms with Gasteiger partial charge in [0.1, 0.15) is 4.60 Å². The maximum atomic E-state index is 4.17. The molecule has 0 saturated heterocycles. The van der Waals surface area contributed by atoms with Crippen LogP contribution in [0.3, 0.4) is 0 Å². The molecule has 0 unspecified atom stereocenters. The molecule has 1 aromatic heterocycles. The predicted molar refractivity (Wildman–Crippen MR) is 47.3 cm³/mol. The van der Waals surface area contributed by atoms with E-state index >= 15 is 0 Å². The molecule has 0 radical (unpaired) electrons. The molecule has 1 rings (SSSR count). The fourth-order valence-electron chi connectivity index (χ4n) is 0.615. The minimum atomic E-state index is 0.784. The topological polar surface area (TPSA) is 25.8 Å². The van der Waals surface area contributed by atoms with Gasteiger partial charge in [0.2, 0.25) is 0 Å². The van der Waals surface area contributed by atoms with Crippen molar-refractivity contribution < 1.29 is 0 Å². The van der Waals surface area contributed by atoms with E-state index < -0.39 is 0 Å². The molecular formula is C6H7BrN2S. The lowest BCUT2D eigenvalue weighted by Gasteiger charge is -1.94. The van der Waals surface area contributed by atoms with Crippen LogP contribution in [0, 0.1) is 0 Å². The number of hydrogen-bond donors (Lipinski definition) is 1. The van der Waals surface area contributed by atoms with E-state index in [0.29, 0.717) is 0 Å². The van der Waals surface area contributed by atoms with Gasteiger partial charge in [-0.3, -0.25) is 4.98 Å². The largest absolute Gasteiger partial charge is 0.260 e. The highest BCUT2D eigenvalue weighted by Gasteiger charge is 1.93. The van der Waals surface area contributed by atoms with E-state index in [9.17, 15) is 0 Å². The van der Waals surface area contributed by atoms with Crippen LogP contribution < -0.4 is 0 Å². The summed E-state index contributed by atoms with van der Waals surface area (Å²) in [6, 6.07) is 0. The molecule has 4 heteroatoms. The Hall–Kier alpha value is -0.0900. The van der Waals surface area contributed by atoms with E-state index in [0.717, 1.165) is 22.5 Å². The van der Waals surface area contributed by atoms with Crippen molar-refractivity contribution in [2.45, 2.75) is 6.42 Å². The molecule has 0 aliphatic rings. The van der Waals surface area contributed by atoms with Crippen LogP contribution in [0.25, 0.3) is 0 Å². The zero-order chi connectivity index (χ0) is 7.40. The monoisotopic (exact) mass is 218 g/mol. The zero-order valence-corrected chi connectivity index (χ0v) is 7.77. The number of thiol groups is 1. The third-order valence-corrected chi connectivity index (χ3v) is 1.63. The Morgan fingerprint density at radius 1 is 1.50 bits per heavy atom. The van der Waals surface area contributed by atoms with Crippen molar-refractivity contribution in [2.75, 3.05) is 5.75 Å². The number of rotatable bonds is 2. The Balaban J connectivity index is 2.75. The molecule has 10 heavy (non-hydrogen) atoms. The van der Waals surface area contributed by atoms with Crippen LogP contribution in [0.5, 0.6) is 0 Å². The Labute approximate surface area is 73.6 Å². The third-order valence-electron chi connectivity index (χ3n) is 1.02. The van der Waals surface area contributed by atoms with Gasteiger partial charge in [0, 0.05) is 12.6 Å². The van der Waals surface area contributed by atoms with Crippen molar-refractivity contribution in [1.82, 2.24) is 9.97 Å². The first-order valence-corrected chi connectivity index (χ1v) is 4.33. The number of aromatic nitrogens is 2. The van der Waals surface area contributed by atoms with Gasteiger partial charge in [-0.25, -0.2) is 4.98 Å². The van der Waals surface area contributed by atoms with Gasteiger partial charge >= 0.3 is 0 Å².